The molecule has 3 aromatic rings. The van der Waals surface area contributed by atoms with Crippen LogP contribution in [-0.2, 0) is 6.42 Å². The maximum Gasteiger partial charge on any atom is 0.257 e. The zero-order valence-electron chi connectivity index (χ0n) is 15.6. The molecular formula is C22H20ClN3O2. The molecule has 0 saturated heterocycles. The van der Waals surface area contributed by atoms with Gasteiger partial charge in [0.2, 0.25) is 0 Å². The van der Waals surface area contributed by atoms with Crippen molar-refractivity contribution in [2.24, 2.45) is 0 Å². The Labute approximate surface area is 168 Å². The number of fused-ring (bicyclic) bond motifs is 1. The Hall–Kier alpha value is -3.05. The lowest BCUT2D eigenvalue weighted by atomic mass is 10.1. The fraction of sp³-hybridized carbons (Fsp3) is 0.182. The number of nitrogens with one attached hydrogen (secondary N) is 1. The van der Waals surface area contributed by atoms with Gasteiger partial charge in [-0.05, 0) is 49.2 Å². The van der Waals surface area contributed by atoms with Gasteiger partial charge in [-0.3, -0.25) is 9.78 Å². The molecule has 1 atom stereocenters. The van der Waals surface area contributed by atoms with E-state index in [1.165, 1.54) is 5.56 Å². The van der Waals surface area contributed by atoms with E-state index in [-0.39, 0.29) is 5.91 Å². The number of nitrogens with zero attached hydrogens (tertiary/aromatic N) is 2. The van der Waals surface area contributed by atoms with Crippen LogP contribution in [0.3, 0.4) is 0 Å². The molecule has 0 bridgehead atoms. The highest BCUT2D eigenvalue weighted by Crippen LogP contribution is 2.38. The largest absolute Gasteiger partial charge is 0.495 e. The van der Waals surface area contributed by atoms with Crippen LogP contribution < -0.4 is 15.0 Å². The number of rotatable bonds is 4. The predicted molar refractivity (Wildman–Crippen MR) is 112 cm³/mol. The monoisotopic (exact) mass is 393 g/mol. The van der Waals surface area contributed by atoms with Gasteiger partial charge in [0.15, 0.2) is 0 Å². The van der Waals surface area contributed by atoms with Gasteiger partial charge in [-0.1, -0.05) is 29.8 Å². The fourth-order valence-corrected chi connectivity index (χ4v) is 3.79. The molecule has 5 nitrogen and oxygen atoms in total. The van der Waals surface area contributed by atoms with Crippen LogP contribution in [0.4, 0.5) is 17.1 Å². The van der Waals surface area contributed by atoms with Gasteiger partial charge < -0.3 is 15.0 Å². The van der Waals surface area contributed by atoms with Crippen molar-refractivity contribution in [3.05, 3.63) is 77.1 Å². The Bertz CT molecular complexity index is 1040. The predicted octanol–water partition coefficient (Wildman–Crippen LogP) is 5.08. The van der Waals surface area contributed by atoms with E-state index in [4.69, 9.17) is 16.3 Å². The molecule has 1 unspecified atom stereocenters. The smallest absolute Gasteiger partial charge is 0.257 e. The van der Waals surface area contributed by atoms with Crippen LogP contribution in [0.1, 0.15) is 22.8 Å². The van der Waals surface area contributed by atoms with Crippen molar-refractivity contribution in [1.82, 2.24) is 4.98 Å². The average Bonchev–Trinajstić information content (AvgIpc) is 3.04. The maximum atomic E-state index is 12.8. The van der Waals surface area contributed by atoms with E-state index in [2.05, 4.69) is 40.3 Å². The molecule has 0 fully saturated rings. The van der Waals surface area contributed by atoms with Gasteiger partial charge in [0.25, 0.3) is 5.91 Å². The molecule has 1 aliphatic heterocycles. The van der Waals surface area contributed by atoms with Crippen LogP contribution in [0.25, 0.3) is 0 Å². The SMILES string of the molecule is COc1ccc(Cl)cc1NC(=O)c1cncc(N2c3ccccc3CC2C)c1. The van der Waals surface area contributed by atoms with E-state index in [9.17, 15) is 4.79 Å². The Morgan fingerprint density at radius 2 is 2.04 bits per heavy atom. The topological polar surface area (TPSA) is 54.5 Å². The second-order valence-corrected chi connectivity index (χ2v) is 7.22. The molecular weight excluding hydrogens is 374 g/mol. The minimum absolute atomic E-state index is 0.268. The zero-order chi connectivity index (χ0) is 19.7. The lowest BCUT2D eigenvalue weighted by Gasteiger charge is -2.25. The summed E-state index contributed by atoms with van der Waals surface area (Å²) in [4.78, 5) is 19.3. The van der Waals surface area contributed by atoms with Gasteiger partial charge in [0.1, 0.15) is 5.75 Å². The van der Waals surface area contributed by atoms with Crippen LogP contribution in [0, 0.1) is 0 Å². The van der Waals surface area contributed by atoms with Gasteiger partial charge in [-0.25, -0.2) is 0 Å². The Kier molecular flexibility index (Phi) is 4.92. The van der Waals surface area contributed by atoms with E-state index in [1.807, 2.05) is 12.1 Å². The number of ether oxygens (including phenoxy) is 1. The van der Waals surface area contributed by atoms with E-state index >= 15 is 0 Å². The third-order valence-corrected chi connectivity index (χ3v) is 5.12. The van der Waals surface area contributed by atoms with Gasteiger partial charge >= 0.3 is 0 Å². The molecule has 0 saturated carbocycles. The van der Waals surface area contributed by atoms with Crippen molar-refractivity contribution in [3.63, 3.8) is 0 Å². The highest BCUT2D eigenvalue weighted by molar-refractivity contribution is 6.31. The second-order valence-electron chi connectivity index (χ2n) is 6.78. The first kappa shape index (κ1) is 18.3. The second kappa shape index (κ2) is 7.52. The molecule has 2 heterocycles. The summed E-state index contributed by atoms with van der Waals surface area (Å²) in [6.07, 6.45) is 4.31. The van der Waals surface area contributed by atoms with Crippen molar-refractivity contribution < 1.29 is 9.53 Å². The molecule has 4 rings (SSSR count). The van der Waals surface area contributed by atoms with Gasteiger partial charge in [-0.15, -0.1) is 0 Å². The number of hydrogen-bond donors (Lipinski definition) is 1. The third kappa shape index (κ3) is 3.41. The Morgan fingerprint density at radius 1 is 1.21 bits per heavy atom. The van der Waals surface area contributed by atoms with Gasteiger partial charge in [0.05, 0.1) is 30.2 Å². The summed E-state index contributed by atoms with van der Waals surface area (Å²) in [5, 5.41) is 3.38. The first-order chi connectivity index (χ1) is 13.6. The number of anilines is 3. The number of pyridine rings is 1. The van der Waals surface area contributed by atoms with Crippen LogP contribution in [0.15, 0.2) is 60.9 Å². The summed E-state index contributed by atoms with van der Waals surface area (Å²) in [5.74, 6) is 0.277. The lowest BCUT2D eigenvalue weighted by molar-refractivity contribution is 0.102. The average molecular weight is 394 g/mol. The molecule has 28 heavy (non-hydrogen) atoms. The molecule has 0 spiro atoms. The molecule has 6 heteroatoms. The minimum atomic E-state index is -0.268. The van der Waals surface area contributed by atoms with Gasteiger partial charge in [-0.2, -0.15) is 0 Å². The molecule has 142 valence electrons. The van der Waals surface area contributed by atoms with Crippen molar-refractivity contribution in [2.75, 3.05) is 17.3 Å². The molecule has 0 radical (unpaired) electrons. The highest BCUT2D eigenvalue weighted by Gasteiger charge is 2.27. The van der Waals surface area contributed by atoms with Crippen LogP contribution in [0.2, 0.25) is 5.02 Å². The van der Waals surface area contributed by atoms with E-state index in [1.54, 1.807) is 37.7 Å². The Morgan fingerprint density at radius 3 is 2.86 bits per heavy atom. The molecule has 1 aromatic heterocycles. The summed E-state index contributed by atoms with van der Waals surface area (Å²) in [6.45, 7) is 2.17. The van der Waals surface area contributed by atoms with Crippen LogP contribution in [0.5, 0.6) is 5.75 Å². The standard InChI is InChI=1S/C22H20ClN3O2/c1-14-9-15-5-3-4-6-20(15)26(14)18-10-16(12-24-13-18)22(27)25-19-11-17(23)7-8-21(19)28-2/h3-8,10-14H,9H2,1-2H3,(H,25,27). The Balaban J connectivity index is 1.63. The number of benzene rings is 2. The number of aromatic nitrogens is 1. The van der Waals surface area contributed by atoms with Crippen molar-refractivity contribution in [1.29, 1.82) is 0 Å². The minimum Gasteiger partial charge on any atom is -0.495 e. The first-order valence-electron chi connectivity index (χ1n) is 9.04. The van der Waals surface area contributed by atoms with E-state index in [0.29, 0.717) is 28.1 Å². The quantitative estimate of drug-likeness (QED) is 0.671. The molecule has 1 aliphatic rings. The zero-order valence-corrected chi connectivity index (χ0v) is 16.4. The summed E-state index contributed by atoms with van der Waals surface area (Å²) >= 11 is 6.05. The van der Waals surface area contributed by atoms with Crippen molar-refractivity contribution >= 4 is 34.6 Å². The fourth-order valence-electron chi connectivity index (χ4n) is 3.62. The molecule has 2 aromatic carbocycles. The number of methoxy groups -OCH3 is 1. The number of carbonyl (C=O) groups is 1. The van der Waals surface area contributed by atoms with Crippen molar-refractivity contribution in [2.45, 2.75) is 19.4 Å². The molecule has 1 N–H and O–H groups in total. The van der Waals surface area contributed by atoms with Crippen LogP contribution >= 0.6 is 11.6 Å². The van der Waals surface area contributed by atoms with Crippen molar-refractivity contribution in [3.8, 4) is 5.75 Å². The number of para-hydroxylation sites is 1. The number of hydrogen-bond acceptors (Lipinski definition) is 4. The third-order valence-electron chi connectivity index (χ3n) is 4.88. The van der Waals surface area contributed by atoms with E-state index < -0.39 is 0 Å². The number of carbonyl (C=O) groups excluding carboxylic acids is 1. The van der Waals surface area contributed by atoms with E-state index in [0.717, 1.165) is 17.8 Å². The maximum absolute atomic E-state index is 12.8. The molecule has 1 amide bonds. The first-order valence-corrected chi connectivity index (χ1v) is 9.41. The lowest BCUT2D eigenvalue weighted by Crippen LogP contribution is -2.24. The summed E-state index contributed by atoms with van der Waals surface area (Å²) in [7, 11) is 1.55. The molecule has 0 aliphatic carbocycles. The highest BCUT2D eigenvalue weighted by atomic mass is 35.5. The number of halogens is 1. The van der Waals surface area contributed by atoms with Gasteiger partial charge in [0, 0.05) is 22.9 Å². The number of amides is 1. The van der Waals surface area contributed by atoms with Crippen LogP contribution in [-0.4, -0.2) is 24.0 Å². The summed E-state index contributed by atoms with van der Waals surface area (Å²) in [5.41, 5.74) is 4.34. The normalized spacial score (nSPS) is 15.2. The summed E-state index contributed by atoms with van der Waals surface area (Å²) < 4.78 is 5.30. The summed E-state index contributed by atoms with van der Waals surface area (Å²) in [6, 6.07) is 15.6.